The van der Waals surface area contributed by atoms with Crippen LogP contribution in [0.15, 0.2) is 72.8 Å². The van der Waals surface area contributed by atoms with Crippen molar-refractivity contribution in [1.29, 1.82) is 5.26 Å². The average molecular weight is 475 g/mol. The number of nitrogens with one attached hydrogen (secondary N) is 1. The Bertz CT molecular complexity index is 1200. The number of nitriles is 1. The van der Waals surface area contributed by atoms with Crippen molar-refractivity contribution in [2.24, 2.45) is 11.1 Å². The molecule has 34 heavy (non-hydrogen) atoms. The molecule has 0 aliphatic rings. The lowest BCUT2D eigenvalue weighted by atomic mass is 9.92. The molecule has 3 aromatic rings. The molecule has 2 amide bonds. The molecule has 0 saturated heterocycles. The van der Waals surface area contributed by atoms with Crippen LogP contribution in [-0.4, -0.2) is 29.8 Å². The van der Waals surface area contributed by atoms with Gasteiger partial charge in [-0.05, 0) is 72.1 Å². The van der Waals surface area contributed by atoms with Gasteiger partial charge in [0.2, 0.25) is 0 Å². The zero-order valence-corrected chi connectivity index (χ0v) is 20.0. The molecule has 0 atom stereocenters. The van der Waals surface area contributed by atoms with Crippen molar-refractivity contribution in [3.05, 3.63) is 100 Å². The molecule has 174 valence electrons. The molecule has 0 spiro atoms. The van der Waals surface area contributed by atoms with Crippen LogP contribution in [0, 0.1) is 16.7 Å². The lowest BCUT2D eigenvalue weighted by Gasteiger charge is -2.32. The number of rotatable bonds is 8. The van der Waals surface area contributed by atoms with Crippen LogP contribution in [0.2, 0.25) is 5.02 Å². The lowest BCUT2D eigenvalue weighted by molar-refractivity contribution is 0.0673. The molecule has 0 aromatic heterocycles. The van der Waals surface area contributed by atoms with E-state index < -0.39 is 0 Å². The second kappa shape index (κ2) is 11.0. The highest BCUT2D eigenvalue weighted by Gasteiger charge is 2.25. The molecular weight excluding hydrogens is 448 g/mol. The predicted octanol–water partition coefficient (Wildman–Crippen LogP) is 5.09. The number of nitrogens with two attached hydrogens (primary N) is 1. The van der Waals surface area contributed by atoms with Gasteiger partial charge in [0.25, 0.3) is 11.8 Å². The quantitative estimate of drug-likeness (QED) is 0.474. The van der Waals surface area contributed by atoms with Gasteiger partial charge >= 0.3 is 0 Å². The van der Waals surface area contributed by atoms with Crippen molar-refractivity contribution >= 4 is 29.1 Å². The Hall–Kier alpha value is -3.66. The summed E-state index contributed by atoms with van der Waals surface area (Å²) in [5.41, 5.74) is 8.39. The van der Waals surface area contributed by atoms with Crippen LogP contribution in [0.25, 0.3) is 0 Å². The fourth-order valence-corrected chi connectivity index (χ4v) is 3.60. The molecule has 3 rings (SSSR count). The van der Waals surface area contributed by atoms with Crippen molar-refractivity contribution in [3.63, 3.8) is 0 Å². The summed E-state index contributed by atoms with van der Waals surface area (Å²) in [6, 6.07) is 22.7. The van der Waals surface area contributed by atoms with Crippen molar-refractivity contribution in [3.8, 4) is 6.07 Å². The fraction of sp³-hybridized carbons (Fsp3) is 0.222. The zero-order chi connectivity index (χ0) is 24.7. The molecule has 0 saturated carbocycles. The maximum Gasteiger partial charge on any atom is 0.255 e. The van der Waals surface area contributed by atoms with Gasteiger partial charge in [-0.15, -0.1) is 0 Å². The Balaban J connectivity index is 1.87. The third-order valence-corrected chi connectivity index (χ3v) is 5.79. The molecule has 7 heteroatoms. The van der Waals surface area contributed by atoms with Crippen LogP contribution in [0.4, 0.5) is 5.69 Å². The third-order valence-electron chi connectivity index (χ3n) is 5.42. The number of hydrogen-bond donors (Lipinski definition) is 2. The van der Waals surface area contributed by atoms with Crippen LogP contribution in [0.5, 0.6) is 0 Å². The first-order valence-electron chi connectivity index (χ1n) is 10.9. The standard InChI is InChI=1S/C27H27ClN4O2/c1-27(2,17-30)18-32(26(34)21-10-8-19(15-29)9-11-21)16-22-14-23(12-13-24(22)28)31-25(33)20-6-4-3-5-7-20/h3-14H,16-18,30H2,1-2H3,(H,31,33). The van der Waals surface area contributed by atoms with E-state index in [0.717, 1.165) is 0 Å². The molecule has 3 aromatic carbocycles. The van der Waals surface area contributed by atoms with Gasteiger partial charge in [0.15, 0.2) is 0 Å². The molecule has 0 heterocycles. The summed E-state index contributed by atoms with van der Waals surface area (Å²) >= 11 is 6.48. The van der Waals surface area contributed by atoms with Gasteiger partial charge in [-0.25, -0.2) is 0 Å². The molecule has 0 aliphatic heterocycles. The highest BCUT2D eigenvalue weighted by atomic mass is 35.5. The van der Waals surface area contributed by atoms with Crippen LogP contribution in [0.1, 0.15) is 45.7 Å². The summed E-state index contributed by atoms with van der Waals surface area (Å²) in [4.78, 5) is 27.6. The smallest absolute Gasteiger partial charge is 0.255 e. The van der Waals surface area contributed by atoms with E-state index in [1.165, 1.54) is 0 Å². The van der Waals surface area contributed by atoms with Crippen molar-refractivity contribution < 1.29 is 9.59 Å². The Morgan fingerprint density at radius 3 is 2.32 bits per heavy atom. The maximum absolute atomic E-state index is 13.4. The summed E-state index contributed by atoms with van der Waals surface area (Å²) < 4.78 is 0. The summed E-state index contributed by atoms with van der Waals surface area (Å²) in [5, 5.41) is 12.4. The number of nitrogens with zero attached hydrogens (tertiary/aromatic N) is 2. The lowest BCUT2D eigenvalue weighted by Crippen LogP contribution is -2.41. The molecule has 3 N–H and O–H groups in total. The van der Waals surface area contributed by atoms with Crippen LogP contribution < -0.4 is 11.1 Å². The van der Waals surface area contributed by atoms with E-state index in [1.807, 2.05) is 19.9 Å². The van der Waals surface area contributed by atoms with Crippen LogP contribution >= 0.6 is 11.6 Å². The topological polar surface area (TPSA) is 99.2 Å². The summed E-state index contributed by atoms with van der Waals surface area (Å²) in [5.74, 6) is -0.426. The Labute approximate surface area is 204 Å². The predicted molar refractivity (Wildman–Crippen MR) is 135 cm³/mol. The van der Waals surface area contributed by atoms with Crippen molar-refractivity contribution in [2.75, 3.05) is 18.4 Å². The minimum absolute atomic E-state index is 0.194. The van der Waals surface area contributed by atoms with Gasteiger partial charge in [0.05, 0.1) is 11.6 Å². The van der Waals surface area contributed by atoms with Crippen molar-refractivity contribution in [1.82, 2.24) is 4.90 Å². The third kappa shape index (κ3) is 6.44. The van der Waals surface area contributed by atoms with Gasteiger partial charge in [-0.1, -0.05) is 43.6 Å². The van der Waals surface area contributed by atoms with E-state index in [0.29, 0.717) is 46.1 Å². The number of anilines is 1. The number of halogens is 1. The van der Waals surface area contributed by atoms with Gasteiger partial charge in [0, 0.05) is 34.9 Å². The van der Waals surface area contributed by atoms with E-state index in [9.17, 15) is 9.59 Å². The fourth-order valence-electron chi connectivity index (χ4n) is 3.42. The number of amides is 2. The Kier molecular flexibility index (Phi) is 8.06. The Morgan fingerprint density at radius 1 is 1.03 bits per heavy atom. The van der Waals surface area contributed by atoms with E-state index in [2.05, 4.69) is 11.4 Å². The second-order valence-electron chi connectivity index (χ2n) is 8.85. The molecule has 0 unspecified atom stereocenters. The first kappa shape index (κ1) is 25.0. The van der Waals surface area contributed by atoms with Gasteiger partial charge in [0.1, 0.15) is 0 Å². The van der Waals surface area contributed by atoms with Crippen LogP contribution in [0.3, 0.4) is 0 Å². The molecular formula is C27H27ClN4O2. The molecule has 0 radical (unpaired) electrons. The molecule has 0 bridgehead atoms. The average Bonchev–Trinajstić information content (AvgIpc) is 2.85. The van der Waals surface area contributed by atoms with Gasteiger partial charge in [-0.2, -0.15) is 5.26 Å². The largest absolute Gasteiger partial charge is 0.334 e. The van der Waals surface area contributed by atoms with Crippen molar-refractivity contribution in [2.45, 2.75) is 20.4 Å². The maximum atomic E-state index is 13.4. The van der Waals surface area contributed by atoms with E-state index in [-0.39, 0.29) is 23.8 Å². The zero-order valence-electron chi connectivity index (χ0n) is 19.2. The van der Waals surface area contributed by atoms with Gasteiger partial charge in [-0.3, -0.25) is 9.59 Å². The minimum atomic E-state index is -0.326. The Morgan fingerprint density at radius 2 is 1.71 bits per heavy atom. The summed E-state index contributed by atoms with van der Waals surface area (Å²) in [6.45, 7) is 5.01. The molecule has 0 fully saturated rings. The van der Waals surface area contributed by atoms with Gasteiger partial charge < -0.3 is 16.0 Å². The number of benzene rings is 3. The first-order chi connectivity index (χ1) is 16.2. The highest BCUT2D eigenvalue weighted by molar-refractivity contribution is 6.31. The van der Waals surface area contributed by atoms with Crippen LogP contribution in [-0.2, 0) is 6.54 Å². The molecule has 6 nitrogen and oxygen atoms in total. The van der Waals surface area contributed by atoms with E-state index in [1.54, 1.807) is 71.6 Å². The minimum Gasteiger partial charge on any atom is -0.334 e. The first-order valence-corrected chi connectivity index (χ1v) is 11.2. The normalized spacial score (nSPS) is 10.9. The number of carbonyl (C=O) groups is 2. The highest BCUT2D eigenvalue weighted by Crippen LogP contribution is 2.26. The van der Waals surface area contributed by atoms with E-state index in [4.69, 9.17) is 22.6 Å². The second-order valence-corrected chi connectivity index (χ2v) is 9.25. The molecule has 0 aliphatic carbocycles. The SMILES string of the molecule is CC(C)(CN)CN(Cc1cc(NC(=O)c2ccccc2)ccc1Cl)C(=O)c1ccc(C#N)cc1. The van der Waals surface area contributed by atoms with E-state index >= 15 is 0 Å². The monoisotopic (exact) mass is 474 g/mol. The number of carbonyl (C=O) groups excluding carboxylic acids is 2. The summed E-state index contributed by atoms with van der Waals surface area (Å²) in [6.07, 6.45) is 0. The number of hydrogen-bond acceptors (Lipinski definition) is 4. The summed E-state index contributed by atoms with van der Waals surface area (Å²) in [7, 11) is 0.